The number of nitrogens with two attached hydrogens (primary N) is 1. The highest BCUT2D eigenvalue weighted by Crippen LogP contribution is 2.16. The molecule has 0 saturated carbocycles. The molecule has 0 heterocycles. The molecule has 0 saturated heterocycles. The van der Waals surface area contributed by atoms with Crippen LogP contribution in [0.15, 0.2) is 0 Å². The summed E-state index contributed by atoms with van der Waals surface area (Å²) in [6.07, 6.45) is 3.99. The van der Waals surface area contributed by atoms with Crippen molar-refractivity contribution in [3.63, 3.8) is 0 Å². The van der Waals surface area contributed by atoms with Crippen LogP contribution in [0.5, 0.6) is 0 Å². The van der Waals surface area contributed by atoms with Crippen LogP contribution in [0.3, 0.4) is 0 Å². The molecular formula is C13H28N2O. The standard InChI is InChI=1S/C13H28N2O/c1-5-7-8-9-12(16)15(6-2)11-13(3,4)10-14/h5-11,14H2,1-4H3. The van der Waals surface area contributed by atoms with Crippen LogP contribution < -0.4 is 5.73 Å². The van der Waals surface area contributed by atoms with Crippen molar-refractivity contribution in [3.05, 3.63) is 0 Å². The zero-order valence-corrected chi connectivity index (χ0v) is 11.4. The number of unbranched alkanes of at least 4 members (excludes halogenated alkanes) is 2. The minimum absolute atomic E-state index is 0.0242. The summed E-state index contributed by atoms with van der Waals surface area (Å²) >= 11 is 0. The SMILES string of the molecule is CCCCCC(=O)N(CC)CC(C)(C)CN. The lowest BCUT2D eigenvalue weighted by atomic mass is 9.93. The predicted molar refractivity (Wildman–Crippen MR) is 69.2 cm³/mol. The zero-order chi connectivity index (χ0) is 12.6. The first kappa shape index (κ1) is 15.4. The van der Waals surface area contributed by atoms with E-state index in [4.69, 9.17) is 5.73 Å². The smallest absolute Gasteiger partial charge is 0.222 e. The fourth-order valence-corrected chi connectivity index (χ4v) is 1.64. The van der Waals surface area contributed by atoms with Gasteiger partial charge >= 0.3 is 0 Å². The summed E-state index contributed by atoms with van der Waals surface area (Å²) in [5, 5.41) is 0. The van der Waals surface area contributed by atoms with Gasteiger partial charge in [-0.2, -0.15) is 0 Å². The fourth-order valence-electron chi connectivity index (χ4n) is 1.64. The monoisotopic (exact) mass is 228 g/mol. The lowest BCUT2D eigenvalue weighted by Gasteiger charge is -2.31. The van der Waals surface area contributed by atoms with Crippen LogP contribution in [0, 0.1) is 5.41 Å². The molecule has 0 fully saturated rings. The van der Waals surface area contributed by atoms with E-state index in [1.807, 2.05) is 11.8 Å². The molecule has 0 unspecified atom stereocenters. The normalized spacial score (nSPS) is 11.6. The van der Waals surface area contributed by atoms with Crippen LogP contribution in [0.1, 0.15) is 53.4 Å². The van der Waals surface area contributed by atoms with Crippen molar-refractivity contribution >= 4 is 5.91 Å². The van der Waals surface area contributed by atoms with Crippen molar-refractivity contribution in [1.29, 1.82) is 0 Å². The Hall–Kier alpha value is -0.570. The van der Waals surface area contributed by atoms with Crippen LogP contribution >= 0.6 is 0 Å². The molecule has 0 aliphatic carbocycles. The predicted octanol–water partition coefficient (Wildman–Crippen LogP) is 2.40. The maximum Gasteiger partial charge on any atom is 0.222 e. The minimum Gasteiger partial charge on any atom is -0.342 e. The molecule has 0 radical (unpaired) electrons. The van der Waals surface area contributed by atoms with Gasteiger partial charge in [-0.3, -0.25) is 4.79 Å². The third-order valence-corrected chi connectivity index (χ3v) is 2.90. The molecule has 0 aliphatic heterocycles. The van der Waals surface area contributed by atoms with Gasteiger partial charge in [-0.1, -0.05) is 33.6 Å². The lowest BCUT2D eigenvalue weighted by molar-refractivity contribution is -0.132. The van der Waals surface area contributed by atoms with E-state index < -0.39 is 0 Å². The second-order valence-corrected chi connectivity index (χ2v) is 5.23. The second-order valence-electron chi connectivity index (χ2n) is 5.23. The molecule has 0 aromatic carbocycles. The Bertz CT molecular complexity index is 202. The first-order valence-electron chi connectivity index (χ1n) is 6.44. The molecule has 1 amide bonds. The average molecular weight is 228 g/mol. The van der Waals surface area contributed by atoms with Gasteiger partial charge in [0.15, 0.2) is 0 Å². The molecular weight excluding hydrogens is 200 g/mol. The zero-order valence-electron chi connectivity index (χ0n) is 11.4. The van der Waals surface area contributed by atoms with Crippen molar-refractivity contribution in [2.45, 2.75) is 53.4 Å². The molecule has 0 spiro atoms. The van der Waals surface area contributed by atoms with E-state index in [0.29, 0.717) is 13.0 Å². The molecule has 2 N–H and O–H groups in total. The van der Waals surface area contributed by atoms with Crippen LogP contribution in [0.4, 0.5) is 0 Å². The van der Waals surface area contributed by atoms with Crippen molar-refractivity contribution in [2.75, 3.05) is 19.6 Å². The Morgan fingerprint density at radius 3 is 2.31 bits per heavy atom. The third-order valence-electron chi connectivity index (χ3n) is 2.90. The molecule has 0 atom stereocenters. The number of carbonyl (C=O) groups is 1. The van der Waals surface area contributed by atoms with Gasteiger partial charge in [-0.05, 0) is 25.3 Å². The Balaban J connectivity index is 4.11. The molecule has 0 aromatic heterocycles. The fraction of sp³-hybridized carbons (Fsp3) is 0.923. The van der Waals surface area contributed by atoms with E-state index >= 15 is 0 Å². The van der Waals surface area contributed by atoms with E-state index in [9.17, 15) is 4.79 Å². The van der Waals surface area contributed by atoms with Gasteiger partial charge < -0.3 is 10.6 Å². The Morgan fingerprint density at radius 1 is 1.25 bits per heavy atom. The first-order chi connectivity index (χ1) is 7.46. The molecule has 0 aromatic rings. The van der Waals surface area contributed by atoms with Gasteiger partial charge in [-0.15, -0.1) is 0 Å². The van der Waals surface area contributed by atoms with Gasteiger partial charge in [0.05, 0.1) is 0 Å². The van der Waals surface area contributed by atoms with Crippen LogP contribution in [0.2, 0.25) is 0 Å². The summed E-state index contributed by atoms with van der Waals surface area (Å²) in [6.45, 7) is 10.6. The molecule has 3 heteroatoms. The first-order valence-corrected chi connectivity index (χ1v) is 6.44. The van der Waals surface area contributed by atoms with Gasteiger partial charge in [0, 0.05) is 19.5 Å². The van der Waals surface area contributed by atoms with Crippen molar-refractivity contribution < 1.29 is 4.79 Å². The molecule has 0 bridgehead atoms. The summed E-state index contributed by atoms with van der Waals surface area (Å²) in [4.78, 5) is 13.9. The van der Waals surface area contributed by atoms with E-state index in [0.717, 1.165) is 32.4 Å². The quantitative estimate of drug-likeness (QED) is 0.648. The summed E-state index contributed by atoms with van der Waals surface area (Å²) in [6, 6.07) is 0. The Labute approximate surface area is 100 Å². The number of rotatable bonds is 8. The maximum absolute atomic E-state index is 11.9. The Morgan fingerprint density at radius 2 is 1.88 bits per heavy atom. The summed E-state index contributed by atoms with van der Waals surface area (Å²) in [5.74, 6) is 0.275. The molecule has 96 valence electrons. The van der Waals surface area contributed by atoms with Gasteiger partial charge in [0.25, 0.3) is 0 Å². The summed E-state index contributed by atoms with van der Waals surface area (Å²) in [7, 11) is 0. The Kier molecular flexibility index (Phi) is 7.39. The van der Waals surface area contributed by atoms with Crippen LogP contribution in [0.25, 0.3) is 0 Å². The minimum atomic E-state index is 0.0242. The van der Waals surface area contributed by atoms with E-state index in [2.05, 4.69) is 20.8 Å². The number of amides is 1. The highest BCUT2D eigenvalue weighted by Gasteiger charge is 2.22. The largest absolute Gasteiger partial charge is 0.342 e. The van der Waals surface area contributed by atoms with E-state index in [-0.39, 0.29) is 11.3 Å². The molecule has 16 heavy (non-hydrogen) atoms. The lowest BCUT2D eigenvalue weighted by Crippen LogP contribution is -2.41. The van der Waals surface area contributed by atoms with Crippen molar-refractivity contribution in [3.8, 4) is 0 Å². The van der Waals surface area contributed by atoms with Gasteiger partial charge in [-0.25, -0.2) is 0 Å². The van der Waals surface area contributed by atoms with Crippen LogP contribution in [-0.4, -0.2) is 30.4 Å². The molecule has 0 rings (SSSR count). The second kappa shape index (κ2) is 7.66. The van der Waals surface area contributed by atoms with E-state index in [1.165, 1.54) is 0 Å². The van der Waals surface area contributed by atoms with Crippen LogP contribution in [-0.2, 0) is 4.79 Å². The molecule has 3 nitrogen and oxygen atoms in total. The maximum atomic E-state index is 11.9. The van der Waals surface area contributed by atoms with Crippen molar-refractivity contribution in [1.82, 2.24) is 4.90 Å². The number of hydrogen-bond donors (Lipinski definition) is 1. The number of nitrogens with zero attached hydrogens (tertiary/aromatic N) is 1. The van der Waals surface area contributed by atoms with Crippen molar-refractivity contribution in [2.24, 2.45) is 11.1 Å². The third kappa shape index (κ3) is 6.11. The number of carbonyl (C=O) groups excluding carboxylic acids is 1. The highest BCUT2D eigenvalue weighted by atomic mass is 16.2. The van der Waals surface area contributed by atoms with Gasteiger partial charge in [0.1, 0.15) is 0 Å². The summed E-state index contributed by atoms with van der Waals surface area (Å²) in [5.41, 5.74) is 5.72. The molecule has 0 aliphatic rings. The topological polar surface area (TPSA) is 46.3 Å². The van der Waals surface area contributed by atoms with E-state index in [1.54, 1.807) is 0 Å². The average Bonchev–Trinajstić information content (AvgIpc) is 2.26. The highest BCUT2D eigenvalue weighted by molar-refractivity contribution is 5.76. The summed E-state index contributed by atoms with van der Waals surface area (Å²) < 4.78 is 0. The number of hydrogen-bond acceptors (Lipinski definition) is 2. The van der Waals surface area contributed by atoms with Gasteiger partial charge in [0.2, 0.25) is 5.91 Å².